The van der Waals surface area contributed by atoms with E-state index in [9.17, 15) is 13.0 Å². The molecule has 0 aliphatic rings. The van der Waals surface area contributed by atoms with E-state index in [1.807, 2.05) is 0 Å². The maximum atomic E-state index is 11.1. The fraction of sp³-hybridized carbons (Fsp3) is 0.889. The van der Waals surface area contributed by atoms with Crippen LogP contribution < -0.4 is 0 Å². The molecule has 8 heteroatoms. The van der Waals surface area contributed by atoms with Crippen LogP contribution in [0.25, 0.3) is 0 Å². The summed E-state index contributed by atoms with van der Waals surface area (Å²) in [6.07, 6.45) is 20.5. The van der Waals surface area contributed by atoms with Crippen LogP contribution >= 0.6 is 6.80 Å². The number of allylic oxidation sites excluding steroid dienone is 2. The van der Waals surface area contributed by atoms with Gasteiger partial charge in [-0.2, -0.15) is 8.42 Å². The third-order valence-corrected chi connectivity index (χ3v) is 7.36. The molecule has 1 unspecified atom stereocenters. The van der Waals surface area contributed by atoms with Gasteiger partial charge in [0, 0.05) is 0 Å². The van der Waals surface area contributed by atoms with Crippen molar-refractivity contribution >= 4 is 16.5 Å². The highest BCUT2D eigenvalue weighted by atomic mass is 32.8. The molecule has 156 valence electrons. The first-order valence-corrected chi connectivity index (χ1v) is 13.5. The van der Waals surface area contributed by atoms with Gasteiger partial charge in [-0.15, -0.1) is 0 Å². The zero-order valence-electron chi connectivity index (χ0n) is 16.1. The summed E-state index contributed by atoms with van der Waals surface area (Å²) in [4.78, 5) is 8.97. The molecule has 2 N–H and O–H groups in total. The molecule has 0 rings (SSSR count). The molecule has 0 bridgehead atoms. The van der Waals surface area contributed by atoms with Crippen LogP contribution in [0.2, 0.25) is 0 Å². The van der Waals surface area contributed by atoms with Crippen LogP contribution in [0.15, 0.2) is 12.2 Å². The maximum Gasteiger partial charge on any atom is 0.469 e. The third kappa shape index (κ3) is 14.9. The van der Waals surface area contributed by atoms with Gasteiger partial charge in [0.05, 0.1) is 6.61 Å². The van der Waals surface area contributed by atoms with Crippen LogP contribution in [0.5, 0.6) is 0 Å². The Balaban J connectivity index is 3.34. The lowest BCUT2D eigenvalue weighted by atomic mass is 10.1. The van der Waals surface area contributed by atoms with E-state index in [1.165, 1.54) is 44.9 Å². The van der Waals surface area contributed by atoms with E-state index in [0.29, 0.717) is 6.42 Å². The van der Waals surface area contributed by atoms with E-state index in [0.717, 1.165) is 38.5 Å². The van der Waals surface area contributed by atoms with Gasteiger partial charge in [0.25, 0.3) is 0 Å². The molecular weight excluding hydrogens is 375 g/mol. The van der Waals surface area contributed by atoms with E-state index in [-0.39, 0.29) is 6.61 Å². The molecule has 26 heavy (non-hydrogen) atoms. The molecule has 0 radical (unpaired) electrons. The predicted octanol–water partition coefficient (Wildman–Crippen LogP) is 6.03. The normalized spacial score (nSPS) is 14.7. The lowest BCUT2D eigenvalue weighted by Crippen LogP contribution is -2.03. The molecule has 0 aromatic rings. The van der Waals surface area contributed by atoms with Gasteiger partial charge in [-0.25, -0.2) is 4.57 Å². The molecule has 0 spiro atoms. The maximum absolute atomic E-state index is 11.1. The summed E-state index contributed by atoms with van der Waals surface area (Å²) < 4.78 is 45.1. The Kier molecular flexibility index (Phi) is 15.7. The molecule has 0 aromatic carbocycles. The quantitative estimate of drug-likeness (QED) is 0.123. The molecule has 0 heterocycles. The van der Waals surface area contributed by atoms with Gasteiger partial charge in [0.1, 0.15) is 0 Å². The highest BCUT2D eigenvalue weighted by molar-refractivity contribution is 8.46. The molecule has 0 aliphatic heterocycles. The van der Waals surface area contributed by atoms with Gasteiger partial charge >= 0.3 is 16.5 Å². The van der Waals surface area contributed by atoms with Crippen LogP contribution in [0.1, 0.15) is 96.8 Å². The second-order valence-corrected chi connectivity index (χ2v) is 11.5. The predicted molar refractivity (Wildman–Crippen MR) is 107 cm³/mol. The number of hydrogen-bond acceptors (Lipinski definition) is 4. The highest BCUT2D eigenvalue weighted by Crippen LogP contribution is 2.48. The van der Waals surface area contributed by atoms with Crippen LogP contribution in [0.4, 0.5) is 0 Å². The highest BCUT2D eigenvalue weighted by Gasteiger charge is 2.35. The molecule has 1 atom stereocenters. The summed E-state index contributed by atoms with van der Waals surface area (Å²) in [6.45, 7) is -2.85. The van der Waals surface area contributed by atoms with Crippen molar-refractivity contribution in [2.45, 2.75) is 96.8 Å². The van der Waals surface area contributed by atoms with Crippen LogP contribution in [-0.4, -0.2) is 24.5 Å². The van der Waals surface area contributed by atoms with Crippen molar-refractivity contribution in [2.24, 2.45) is 0 Å². The molecule has 0 aliphatic carbocycles. The number of hydrogen-bond donors (Lipinski definition) is 2. The molecular formula is C18H37O6PS. The van der Waals surface area contributed by atoms with Crippen molar-refractivity contribution < 1.29 is 27.0 Å². The monoisotopic (exact) mass is 412 g/mol. The zero-order valence-corrected chi connectivity index (χ0v) is 17.9. The van der Waals surface area contributed by atoms with Gasteiger partial charge in [0.15, 0.2) is 0 Å². The lowest BCUT2D eigenvalue weighted by Gasteiger charge is -2.08. The van der Waals surface area contributed by atoms with Gasteiger partial charge in [-0.3, -0.25) is 9.08 Å². The first-order valence-electron chi connectivity index (χ1n) is 9.91. The van der Waals surface area contributed by atoms with Crippen LogP contribution in [0, 0.1) is 0 Å². The standard InChI is InChI=1S/C18H37O6PS/c1-2-3-4-5-6-7-8-9-10-11-12-13-14-15-16-17-18-24-25(19,20)26(21,22)23/h9-10H,2-8,11-18H2,1H3,(H,19,20)(H,21,22,23)/b10-9-. The van der Waals surface area contributed by atoms with Gasteiger partial charge < -0.3 is 4.89 Å². The van der Waals surface area contributed by atoms with Gasteiger partial charge in [-0.1, -0.05) is 76.9 Å². The first-order chi connectivity index (χ1) is 12.3. The SMILES string of the molecule is CCCCCCCC/C=C\CCCCCCCCOP(=O)(O)S(=O)(=O)O. The summed E-state index contributed by atoms with van der Waals surface area (Å²) in [6, 6.07) is 0. The Morgan fingerprint density at radius 2 is 1.23 bits per heavy atom. The van der Waals surface area contributed by atoms with E-state index >= 15 is 0 Å². The van der Waals surface area contributed by atoms with E-state index < -0.39 is 16.5 Å². The molecule has 0 fully saturated rings. The van der Waals surface area contributed by atoms with E-state index in [2.05, 4.69) is 23.6 Å². The van der Waals surface area contributed by atoms with Crippen molar-refractivity contribution in [3.63, 3.8) is 0 Å². The van der Waals surface area contributed by atoms with E-state index in [1.54, 1.807) is 0 Å². The van der Waals surface area contributed by atoms with Gasteiger partial charge in [-0.05, 0) is 32.1 Å². The third-order valence-electron chi connectivity index (χ3n) is 4.20. The Labute approximate surface area is 159 Å². The Bertz CT molecular complexity index is 504. The minimum atomic E-state index is -5.04. The fourth-order valence-electron chi connectivity index (χ4n) is 2.60. The Morgan fingerprint density at radius 1 is 0.808 bits per heavy atom. The summed E-state index contributed by atoms with van der Waals surface area (Å²) in [5.41, 5.74) is 0. The Hall–Kier alpha value is -0.200. The summed E-state index contributed by atoms with van der Waals surface area (Å²) in [5.74, 6) is 0. The minimum Gasteiger partial charge on any atom is -0.312 e. The van der Waals surface area contributed by atoms with Crippen molar-refractivity contribution in [3.8, 4) is 0 Å². The molecule has 6 nitrogen and oxygen atoms in total. The average Bonchev–Trinajstić information content (AvgIpc) is 2.56. The molecule has 0 aromatic heterocycles. The van der Waals surface area contributed by atoms with Gasteiger partial charge in [0.2, 0.25) is 0 Å². The van der Waals surface area contributed by atoms with E-state index in [4.69, 9.17) is 9.45 Å². The molecule has 0 saturated carbocycles. The van der Waals surface area contributed by atoms with Crippen molar-refractivity contribution in [1.82, 2.24) is 0 Å². The van der Waals surface area contributed by atoms with Crippen LogP contribution in [-0.2, 0) is 18.8 Å². The van der Waals surface area contributed by atoms with Crippen molar-refractivity contribution in [1.29, 1.82) is 0 Å². The smallest absolute Gasteiger partial charge is 0.312 e. The van der Waals surface area contributed by atoms with Crippen LogP contribution in [0.3, 0.4) is 0 Å². The number of rotatable bonds is 18. The average molecular weight is 413 g/mol. The lowest BCUT2D eigenvalue weighted by molar-refractivity contribution is 0.261. The second kappa shape index (κ2) is 15.8. The number of unbranched alkanes of at least 4 members (excludes halogenated alkanes) is 12. The Morgan fingerprint density at radius 3 is 1.69 bits per heavy atom. The van der Waals surface area contributed by atoms with Crippen molar-refractivity contribution in [3.05, 3.63) is 12.2 Å². The molecule has 0 amide bonds. The summed E-state index contributed by atoms with van der Waals surface area (Å²) >= 11 is 0. The summed E-state index contributed by atoms with van der Waals surface area (Å²) in [5, 5.41) is 0. The largest absolute Gasteiger partial charge is 0.469 e. The molecule has 0 saturated heterocycles. The van der Waals surface area contributed by atoms with Crippen molar-refractivity contribution in [2.75, 3.05) is 6.61 Å². The first kappa shape index (κ1) is 25.8. The second-order valence-electron chi connectivity index (χ2n) is 6.69. The topological polar surface area (TPSA) is 101 Å². The fourth-order valence-corrected chi connectivity index (χ4v) is 3.71. The minimum absolute atomic E-state index is 0.144. The summed E-state index contributed by atoms with van der Waals surface area (Å²) in [7, 11) is -5.04. The zero-order chi connectivity index (χ0) is 19.7.